The number of aliphatic hydroxyl groups excluding tert-OH is 2. The van der Waals surface area contributed by atoms with E-state index in [4.69, 9.17) is 5.53 Å². The summed E-state index contributed by atoms with van der Waals surface area (Å²) >= 11 is 0. The second kappa shape index (κ2) is 5.72. The Hall–Kier alpha value is -1.76. The quantitative estimate of drug-likeness (QED) is 0.495. The van der Waals surface area contributed by atoms with Gasteiger partial charge < -0.3 is 10.2 Å². The maximum atomic E-state index is 12.3. The zero-order valence-corrected chi connectivity index (χ0v) is 9.04. The summed E-state index contributed by atoms with van der Waals surface area (Å²) in [5.74, 6) is 0. The minimum Gasteiger partial charge on any atom is -0.390 e. The largest absolute Gasteiger partial charge is 0.416 e. The van der Waals surface area contributed by atoms with Crippen molar-refractivity contribution in [1.29, 1.82) is 0 Å². The average molecular weight is 261 g/mol. The lowest BCUT2D eigenvalue weighted by atomic mass is 10.0. The topological polar surface area (TPSA) is 89.2 Å². The van der Waals surface area contributed by atoms with Gasteiger partial charge in [-0.25, -0.2) is 0 Å². The summed E-state index contributed by atoms with van der Waals surface area (Å²) in [6, 6.07) is 3.73. The summed E-state index contributed by atoms with van der Waals surface area (Å²) in [4.78, 5) is 2.40. The monoisotopic (exact) mass is 261 g/mol. The fourth-order valence-corrected chi connectivity index (χ4v) is 1.31. The highest BCUT2D eigenvalue weighted by Crippen LogP contribution is 2.30. The Balaban J connectivity index is 2.81. The van der Waals surface area contributed by atoms with Crippen molar-refractivity contribution in [3.63, 3.8) is 0 Å². The molecule has 0 radical (unpaired) electrons. The summed E-state index contributed by atoms with van der Waals surface area (Å²) in [6.45, 7) is -0.362. The predicted octanol–water partition coefficient (Wildman–Crippen LogP) is 2.41. The first kappa shape index (κ1) is 14.3. The van der Waals surface area contributed by atoms with E-state index >= 15 is 0 Å². The van der Waals surface area contributed by atoms with Crippen molar-refractivity contribution in [2.24, 2.45) is 5.11 Å². The molecule has 98 valence electrons. The molecular weight excluding hydrogens is 251 g/mol. The van der Waals surface area contributed by atoms with E-state index in [1.165, 1.54) is 0 Å². The number of aliphatic hydroxyl groups is 2. The second-order valence-corrected chi connectivity index (χ2v) is 3.55. The van der Waals surface area contributed by atoms with Crippen LogP contribution < -0.4 is 0 Å². The predicted molar refractivity (Wildman–Crippen MR) is 56.4 cm³/mol. The first-order valence-electron chi connectivity index (χ1n) is 4.90. The number of hydrogen-bond acceptors (Lipinski definition) is 3. The normalized spacial score (nSPS) is 14.7. The molecule has 0 aliphatic heterocycles. The van der Waals surface area contributed by atoms with Gasteiger partial charge in [-0.2, -0.15) is 13.2 Å². The van der Waals surface area contributed by atoms with Crippen molar-refractivity contribution >= 4 is 0 Å². The third-order valence-corrected chi connectivity index (χ3v) is 2.28. The van der Waals surface area contributed by atoms with Gasteiger partial charge in [0.1, 0.15) is 6.10 Å². The van der Waals surface area contributed by atoms with Crippen molar-refractivity contribution < 1.29 is 23.4 Å². The van der Waals surface area contributed by atoms with E-state index in [0.717, 1.165) is 24.3 Å². The van der Waals surface area contributed by atoms with Gasteiger partial charge >= 0.3 is 6.18 Å². The lowest BCUT2D eigenvalue weighted by Crippen LogP contribution is -2.21. The van der Waals surface area contributed by atoms with Crippen molar-refractivity contribution in [1.82, 2.24) is 0 Å². The van der Waals surface area contributed by atoms with Crippen LogP contribution in [0.3, 0.4) is 0 Å². The van der Waals surface area contributed by atoms with Crippen LogP contribution in [-0.4, -0.2) is 22.9 Å². The molecule has 0 saturated heterocycles. The van der Waals surface area contributed by atoms with Crippen LogP contribution in [0.5, 0.6) is 0 Å². The highest BCUT2D eigenvalue weighted by Gasteiger charge is 2.30. The number of rotatable bonds is 4. The molecule has 1 aromatic rings. The van der Waals surface area contributed by atoms with E-state index in [1.54, 1.807) is 0 Å². The molecule has 1 aromatic carbocycles. The molecule has 2 atom stereocenters. The number of alkyl halides is 3. The van der Waals surface area contributed by atoms with Gasteiger partial charge in [0.2, 0.25) is 0 Å². The van der Waals surface area contributed by atoms with Crippen LogP contribution in [0.25, 0.3) is 10.4 Å². The maximum absolute atomic E-state index is 12.3. The van der Waals surface area contributed by atoms with Gasteiger partial charge in [0.25, 0.3) is 0 Å². The van der Waals surface area contributed by atoms with Crippen LogP contribution >= 0.6 is 0 Å². The van der Waals surface area contributed by atoms with Crippen LogP contribution in [0.2, 0.25) is 0 Å². The van der Waals surface area contributed by atoms with E-state index < -0.39 is 23.9 Å². The van der Waals surface area contributed by atoms with E-state index in [2.05, 4.69) is 10.0 Å². The third kappa shape index (κ3) is 3.63. The van der Waals surface area contributed by atoms with E-state index in [-0.39, 0.29) is 12.1 Å². The van der Waals surface area contributed by atoms with Gasteiger partial charge in [-0.15, -0.1) is 0 Å². The smallest absolute Gasteiger partial charge is 0.390 e. The average Bonchev–Trinajstić information content (AvgIpc) is 2.34. The molecule has 0 aliphatic rings. The number of halogens is 3. The third-order valence-electron chi connectivity index (χ3n) is 2.28. The summed E-state index contributed by atoms with van der Waals surface area (Å²) in [6.07, 6.45) is -7.22. The Kier molecular flexibility index (Phi) is 4.55. The highest BCUT2D eigenvalue weighted by atomic mass is 19.4. The van der Waals surface area contributed by atoms with E-state index in [9.17, 15) is 23.4 Å². The minimum absolute atomic E-state index is 0.114. The van der Waals surface area contributed by atoms with Crippen molar-refractivity contribution in [3.05, 3.63) is 45.8 Å². The molecule has 0 aliphatic carbocycles. The lowest BCUT2D eigenvalue weighted by Gasteiger charge is -2.16. The van der Waals surface area contributed by atoms with Gasteiger partial charge in [0.15, 0.2) is 0 Å². The van der Waals surface area contributed by atoms with Crippen LogP contribution in [0.1, 0.15) is 17.2 Å². The number of benzene rings is 1. The minimum atomic E-state index is -4.45. The Morgan fingerprint density at radius 2 is 1.78 bits per heavy atom. The van der Waals surface area contributed by atoms with E-state index in [1.807, 2.05) is 0 Å². The van der Waals surface area contributed by atoms with Crippen LogP contribution in [0, 0.1) is 0 Å². The molecule has 18 heavy (non-hydrogen) atoms. The molecule has 2 N–H and O–H groups in total. The molecule has 0 fully saturated rings. The Labute approximate surface area is 100 Å². The second-order valence-electron chi connectivity index (χ2n) is 3.55. The van der Waals surface area contributed by atoms with Crippen molar-refractivity contribution in [3.8, 4) is 0 Å². The molecule has 0 amide bonds. The zero-order chi connectivity index (χ0) is 13.8. The standard InChI is InChI=1S/C10H10F3N3O2/c11-10(12,13)7-3-1-6(2-4-7)9(18)8(17)5-15-16-14/h1-4,8-9,17-18H,5H2. The molecule has 0 bridgehead atoms. The molecule has 5 nitrogen and oxygen atoms in total. The number of nitrogens with zero attached hydrogens (tertiary/aromatic N) is 3. The summed E-state index contributed by atoms with van der Waals surface area (Å²) in [5, 5.41) is 22.1. The molecule has 0 heterocycles. The fraction of sp³-hybridized carbons (Fsp3) is 0.400. The Morgan fingerprint density at radius 1 is 1.22 bits per heavy atom. The Bertz CT molecular complexity index is 441. The van der Waals surface area contributed by atoms with Gasteiger partial charge in [-0.3, -0.25) is 0 Å². The van der Waals surface area contributed by atoms with Crippen LogP contribution in [0.4, 0.5) is 13.2 Å². The number of hydrogen-bond donors (Lipinski definition) is 2. The Morgan fingerprint density at radius 3 is 2.22 bits per heavy atom. The van der Waals surface area contributed by atoms with Gasteiger partial charge in [0, 0.05) is 4.91 Å². The van der Waals surface area contributed by atoms with Crippen molar-refractivity contribution in [2.45, 2.75) is 18.4 Å². The van der Waals surface area contributed by atoms with Gasteiger partial charge in [0.05, 0.1) is 18.2 Å². The molecule has 1 rings (SSSR count). The lowest BCUT2D eigenvalue weighted by molar-refractivity contribution is -0.137. The molecular formula is C10H10F3N3O2. The molecule has 0 spiro atoms. The summed E-state index contributed by atoms with van der Waals surface area (Å²) in [5.41, 5.74) is 7.30. The van der Waals surface area contributed by atoms with Crippen LogP contribution in [-0.2, 0) is 6.18 Å². The maximum Gasteiger partial charge on any atom is 0.416 e. The summed E-state index contributed by atoms with van der Waals surface area (Å²) < 4.78 is 36.8. The fourth-order valence-electron chi connectivity index (χ4n) is 1.31. The van der Waals surface area contributed by atoms with Gasteiger partial charge in [-0.05, 0) is 23.2 Å². The molecule has 8 heteroatoms. The number of azide groups is 1. The first-order valence-corrected chi connectivity index (χ1v) is 4.90. The zero-order valence-electron chi connectivity index (χ0n) is 9.04. The SMILES string of the molecule is [N-]=[N+]=NCC(O)C(O)c1ccc(C(F)(F)F)cc1. The first-order chi connectivity index (χ1) is 8.36. The molecule has 2 unspecified atom stereocenters. The van der Waals surface area contributed by atoms with Gasteiger partial charge in [-0.1, -0.05) is 17.2 Å². The molecule has 0 aromatic heterocycles. The van der Waals surface area contributed by atoms with Crippen LogP contribution in [0.15, 0.2) is 29.4 Å². The van der Waals surface area contributed by atoms with E-state index in [0.29, 0.717) is 0 Å². The molecule has 0 saturated carbocycles. The van der Waals surface area contributed by atoms with Crippen molar-refractivity contribution in [2.75, 3.05) is 6.54 Å². The summed E-state index contributed by atoms with van der Waals surface area (Å²) in [7, 11) is 0. The highest BCUT2D eigenvalue weighted by molar-refractivity contribution is 5.26.